The Labute approximate surface area is 140 Å². The highest BCUT2D eigenvalue weighted by Crippen LogP contribution is 2.27. The van der Waals surface area contributed by atoms with Crippen molar-refractivity contribution in [1.82, 2.24) is 15.1 Å². The zero-order valence-electron chi connectivity index (χ0n) is 14.5. The highest BCUT2D eigenvalue weighted by atomic mass is 16.5. The Morgan fingerprint density at radius 1 is 1.17 bits per heavy atom. The quantitative estimate of drug-likeness (QED) is 0.641. The molecule has 0 radical (unpaired) electrons. The molecule has 2 rings (SSSR count). The molecule has 0 saturated carbocycles. The molecule has 0 aliphatic heterocycles. The highest BCUT2D eigenvalue weighted by molar-refractivity contribution is 6.43. The van der Waals surface area contributed by atoms with E-state index in [-0.39, 0.29) is 6.54 Å². The average Bonchev–Trinajstić information content (AvgIpc) is 2.83. The van der Waals surface area contributed by atoms with Crippen molar-refractivity contribution in [3.8, 4) is 11.5 Å². The van der Waals surface area contributed by atoms with Crippen LogP contribution in [0.15, 0.2) is 18.2 Å². The Morgan fingerprint density at radius 3 is 2.38 bits per heavy atom. The molecule has 0 aliphatic carbocycles. The molecule has 1 aromatic carbocycles. The van der Waals surface area contributed by atoms with Crippen LogP contribution in [0, 0.1) is 13.8 Å². The smallest absolute Gasteiger partial charge is 0.292 e. The summed E-state index contributed by atoms with van der Waals surface area (Å²) in [7, 11) is 4.83. The van der Waals surface area contributed by atoms with E-state index in [1.165, 1.54) is 7.11 Å². The predicted molar refractivity (Wildman–Crippen MR) is 88.4 cm³/mol. The molecule has 7 nitrogen and oxygen atoms in total. The number of ketones is 1. The van der Waals surface area contributed by atoms with Gasteiger partial charge in [-0.25, -0.2) is 0 Å². The summed E-state index contributed by atoms with van der Waals surface area (Å²) in [5.74, 6) is -0.0812. The van der Waals surface area contributed by atoms with Crippen LogP contribution >= 0.6 is 0 Å². The van der Waals surface area contributed by atoms with E-state index < -0.39 is 11.7 Å². The summed E-state index contributed by atoms with van der Waals surface area (Å²) >= 11 is 0. The zero-order valence-corrected chi connectivity index (χ0v) is 14.5. The topological polar surface area (TPSA) is 82.5 Å². The number of amides is 1. The van der Waals surface area contributed by atoms with Gasteiger partial charge in [-0.3, -0.25) is 14.3 Å². The van der Waals surface area contributed by atoms with Gasteiger partial charge in [0, 0.05) is 19.3 Å². The van der Waals surface area contributed by atoms with E-state index >= 15 is 0 Å². The molecule has 1 heterocycles. The summed E-state index contributed by atoms with van der Waals surface area (Å²) < 4.78 is 12.0. The summed E-state index contributed by atoms with van der Waals surface area (Å²) in [6.45, 7) is 3.68. The van der Waals surface area contributed by atoms with Gasteiger partial charge in [-0.05, 0) is 31.5 Å². The first kappa shape index (κ1) is 17.5. The van der Waals surface area contributed by atoms with Gasteiger partial charge in [0.05, 0.1) is 25.5 Å². The molecule has 7 heteroatoms. The standard InChI is InChI=1S/C17H21N3O4/c1-10-15(11(2)20(3)19-10)16(21)17(22)18-9-12-6-7-13(23-4)14(8-12)24-5/h6-8H,9H2,1-5H3,(H,18,22). The number of nitrogens with one attached hydrogen (secondary N) is 1. The normalized spacial score (nSPS) is 10.4. The van der Waals surface area contributed by atoms with Crippen molar-refractivity contribution in [2.24, 2.45) is 7.05 Å². The van der Waals surface area contributed by atoms with Crippen molar-refractivity contribution in [2.75, 3.05) is 14.2 Å². The second kappa shape index (κ2) is 7.16. The number of Topliss-reactive ketones (excluding diaryl/α,β-unsaturated/α-hetero) is 1. The highest BCUT2D eigenvalue weighted by Gasteiger charge is 2.23. The van der Waals surface area contributed by atoms with Gasteiger partial charge >= 0.3 is 0 Å². The van der Waals surface area contributed by atoms with E-state index in [1.807, 2.05) is 0 Å². The van der Waals surface area contributed by atoms with Gasteiger partial charge in [0.1, 0.15) is 0 Å². The average molecular weight is 331 g/mol. The van der Waals surface area contributed by atoms with Crippen LogP contribution in [0.4, 0.5) is 0 Å². The van der Waals surface area contributed by atoms with Crippen LogP contribution in [0.5, 0.6) is 11.5 Å². The summed E-state index contributed by atoms with van der Waals surface area (Å²) in [6, 6.07) is 5.30. The molecule has 0 aliphatic rings. The molecule has 1 amide bonds. The van der Waals surface area contributed by atoms with Gasteiger partial charge < -0.3 is 14.8 Å². The van der Waals surface area contributed by atoms with E-state index in [4.69, 9.17) is 9.47 Å². The number of carbonyl (C=O) groups excluding carboxylic acids is 2. The van der Waals surface area contributed by atoms with Crippen LogP contribution < -0.4 is 14.8 Å². The maximum atomic E-state index is 12.3. The lowest BCUT2D eigenvalue weighted by molar-refractivity contribution is -0.117. The summed E-state index contributed by atoms with van der Waals surface area (Å²) in [6.07, 6.45) is 0. The number of nitrogens with zero attached hydrogens (tertiary/aromatic N) is 2. The van der Waals surface area contributed by atoms with Crippen LogP contribution in [0.3, 0.4) is 0 Å². The molecule has 24 heavy (non-hydrogen) atoms. The van der Waals surface area contributed by atoms with Crippen LogP contribution in [0.2, 0.25) is 0 Å². The number of methoxy groups -OCH3 is 2. The number of ether oxygens (including phenoxy) is 2. The van der Waals surface area contributed by atoms with E-state index in [0.717, 1.165) is 5.56 Å². The molecule has 1 aromatic heterocycles. The molecule has 128 valence electrons. The van der Waals surface area contributed by atoms with Gasteiger partial charge in [0.2, 0.25) is 0 Å². The lowest BCUT2D eigenvalue weighted by Crippen LogP contribution is -2.31. The predicted octanol–water partition coefficient (Wildman–Crippen LogP) is 1.55. The molecular formula is C17H21N3O4. The number of rotatable bonds is 6. The lowest BCUT2D eigenvalue weighted by atomic mass is 10.1. The van der Waals surface area contributed by atoms with E-state index in [2.05, 4.69) is 10.4 Å². The van der Waals surface area contributed by atoms with Crippen molar-refractivity contribution in [1.29, 1.82) is 0 Å². The largest absolute Gasteiger partial charge is 0.493 e. The Hall–Kier alpha value is -2.83. The Balaban J connectivity index is 2.09. The molecular weight excluding hydrogens is 310 g/mol. The molecule has 0 spiro atoms. The van der Waals surface area contributed by atoms with Gasteiger partial charge in [-0.1, -0.05) is 6.07 Å². The second-order valence-electron chi connectivity index (χ2n) is 5.37. The summed E-state index contributed by atoms with van der Waals surface area (Å²) in [4.78, 5) is 24.5. The SMILES string of the molecule is COc1ccc(CNC(=O)C(=O)c2c(C)nn(C)c2C)cc1OC. The Morgan fingerprint density at radius 2 is 1.83 bits per heavy atom. The zero-order chi connectivity index (χ0) is 17.9. The van der Waals surface area contributed by atoms with Crippen molar-refractivity contribution in [3.63, 3.8) is 0 Å². The van der Waals surface area contributed by atoms with Crippen LogP contribution in [-0.4, -0.2) is 35.7 Å². The minimum atomic E-state index is -0.663. The lowest BCUT2D eigenvalue weighted by Gasteiger charge is -2.10. The maximum Gasteiger partial charge on any atom is 0.292 e. The molecule has 0 fully saturated rings. The van der Waals surface area contributed by atoms with Crippen LogP contribution in [0.1, 0.15) is 27.3 Å². The van der Waals surface area contributed by atoms with Crippen molar-refractivity contribution < 1.29 is 19.1 Å². The number of carbonyl (C=O) groups is 2. The molecule has 0 atom stereocenters. The number of hydrogen-bond acceptors (Lipinski definition) is 5. The molecule has 1 N–H and O–H groups in total. The minimum Gasteiger partial charge on any atom is -0.493 e. The first-order chi connectivity index (χ1) is 11.4. The van der Waals surface area contributed by atoms with E-state index in [9.17, 15) is 9.59 Å². The van der Waals surface area contributed by atoms with Gasteiger partial charge in [-0.2, -0.15) is 5.10 Å². The monoisotopic (exact) mass is 331 g/mol. The van der Waals surface area contributed by atoms with E-state index in [0.29, 0.717) is 28.5 Å². The molecule has 0 saturated heterocycles. The molecule has 0 unspecified atom stereocenters. The third kappa shape index (κ3) is 3.40. The van der Waals surface area contributed by atoms with Crippen LogP contribution in [0.25, 0.3) is 0 Å². The number of aryl methyl sites for hydroxylation is 2. The fourth-order valence-corrected chi connectivity index (χ4v) is 2.47. The van der Waals surface area contributed by atoms with Gasteiger partial charge in [0.25, 0.3) is 11.7 Å². The van der Waals surface area contributed by atoms with Crippen molar-refractivity contribution in [3.05, 3.63) is 40.7 Å². The van der Waals surface area contributed by atoms with Gasteiger partial charge in [-0.15, -0.1) is 0 Å². The third-order valence-corrected chi connectivity index (χ3v) is 3.84. The number of benzene rings is 1. The Kier molecular flexibility index (Phi) is 5.23. The maximum absolute atomic E-state index is 12.3. The first-order valence-corrected chi connectivity index (χ1v) is 7.42. The van der Waals surface area contributed by atoms with E-state index in [1.54, 1.807) is 50.9 Å². The number of aromatic nitrogens is 2. The van der Waals surface area contributed by atoms with Crippen molar-refractivity contribution >= 4 is 11.7 Å². The van der Waals surface area contributed by atoms with Crippen molar-refractivity contribution in [2.45, 2.75) is 20.4 Å². The molecule has 0 bridgehead atoms. The fraction of sp³-hybridized carbons (Fsp3) is 0.353. The first-order valence-electron chi connectivity index (χ1n) is 7.42. The van der Waals surface area contributed by atoms with Crippen LogP contribution in [-0.2, 0) is 18.4 Å². The Bertz CT molecular complexity index is 780. The summed E-state index contributed by atoms with van der Waals surface area (Å²) in [5.41, 5.74) is 2.36. The minimum absolute atomic E-state index is 0.212. The number of hydrogen-bond donors (Lipinski definition) is 1. The molecule has 2 aromatic rings. The van der Waals surface area contributed by atoms with Gasteiger partial charge in [0.15, 0.2) is 11.5 Å². The fourth-order valence-electron chi connectivity index (χ4n) is 2.47. The third-order valence-electron chi connectivity index (χ3n) is 3.84. The second-order valence-corrected chi connectivity index (χ2v) is 5.37. The summed E-state index contributed by atoms with van der Waals surface area (Å²) in [5, 5.41) is 6.79.